The van der Waals surface area contributed by atoms with E-state index in [9.17, 15) is 0 Å². The molecule has 1 aliphatic heterocycles. The van der Waals surface area contributed by atoms with Gasteiger partial charge in [-0.1, -0.05) is 53.6 Å². The predicted molar refractivity (Wildman–Crippen MR) is 98.2 cm³/mol. The third-order valence-electron chi connectivity index (χ3n) is 3.43. The Morgan fingerprint density at radius 3 is 1.95 bits per heavy atom. The van der Waals surface area contributed by atoms with Crippen molar-refractivity contribution in [3.8, 4) is 0 Å². The lowest BCUT2D eigenvalue weighted by atomic mass is 9.99. The van der Waals surface area contributed by atoms with Crippen LogP contribution in [0.2, 0.25) is 5.02 Å². The van der Waals surface area contributed by atoms with E-state index in [0.29, 0.717) is 0 Å². The Balaban J connectivity index is 2.10. The maximum absolute atomic E-state index is 6.04. The van der Waals surface area contributed by atoms with Crippen molar-refractivity contribution in [1.29, 1.82) is 0 Å². The van der Waals surface area contributed by atoms with Crippen LogP contribution in [-0.4, -0.2) is 11.5 Å². The predicted octanol–water partition coefficient (Wildman–Crippen LogP) is 6.24. The van der Waals surface area contributed by atoms with Gasteiger partial charge in [-0.2, -0.15) is 0 Å². The zero-order chi connectivity index (χ0) is 14.7. The highest BCUT2D eigenvalue weighted by Crippen LogP contribution is 2.43. The highest BCUT2D eigenvalue weighted by Gasteiger charge is 2.16. The van der Waals surface area contributed by atoms with Crippen molar-refractivity contribution >= 4 is 40.7 Å². The summed E-state index contributed by atoms with van der Waals surface area (Å²) in [4.78, 5) is 0. The van der Waals surface area contributed by atoms with E-state index in [0.717, 1.165) is 5.02 Å². The number of halogens is 1. The number of aryl methyl sites for hydroxylation is 1. The lowest BCUT2D eigenvalue weighted by Gasteiger charge is -2.19. The van der Waals surface area contributed by atoms with Crippen molar-refractivity contribution in [2.75, 3.05) is 11.5 Å². The maximum Gasteiger partial charge on any atom is 0.0485 e. The fourth-order valence-electron chi connectivity index (χ4n) is 2.31. The molecule has 0 amide bonds. The van der Waals surface area contributed by atoms with Gasteiger partial charge in [-0.05, 0) is 48.1 Å². The van der Waals surface area contributed by atoms with Crippen LogP contribution >= 0.6 is 35.1 Å². The van der Waals surface area contributed by atoms with Gasteiger partial charge >= 0.3 is 0 Å². The molecule has 108 valence electrons. The Morgan fingerprint density at radius 1 is 0.857 bits per heavy atom. The summed E-state index contributed by atoms with van der Waals surface area (Å²) in [5.74, 6) is 2.43. The molecule has 0 atom stereocenters. The molecule has 0 aromatic heterocycles. The molecule has 0 radical (unpaired) electrons. The summed E-state index contributed by atoms with van der Waals surface area (Å²) >= 11 is 10.0. The summed E-state index contributed by atoms with van der Waals surface area (Å²) < 4.78 is 1.44. The van der Waals surface area contributed by atoms with E-state index in [-0.39, 0.29) is 0 Å². The van der Waals surface area contributed by atoms with Crippen molar-refractivity contribution in [3.05, 3.63) is 74.5 Å². The van der Waals surface area contributed by atoms with Gasteiger partial charge in [0.15, 0.2) is 0 Å². The lowest BCUT2D eigenvalue weighted by molar-refractivity contribution is 1.12. The molecule has 3 heteroatoms. The summed E-state index contributed by atoms with van der Waals surface area (Å²) in [6.45, 7) is 2.13. The second-order valence-electron chi connectivity index (χ2n) is 5.09. The number of benzene rings is 2. The zero-order valence-electron chi connectivity index (χ0n) is 11.9. The topological polar surface area (TPSA) is 0 Å². The summed E-state index contributed by atoms with van der Waals surface area (Å²) in [6, 6.07) is 17.0. The van der Waals surface area contributed by atoms with Gasteiger partial charge in [0.1, 0.15) is 0 Å². The summed E-state index contributed by atoms with van der Waals surface area (Å²) in [5, 5.41) is 0.788. The van der Waals surface area contributed by atoms with Gasteiger partial charge in [0, 0.05) is 14.8 Å². The Bertz CT molecular complexity index is 586. The molecule has 0 saturated carbocycles. The number of hydrogen-bond donors (Lipinski definition) is 0. The van der Waals surface area contributed by atoms with Crippen molar-refractivity contribution in [2.24, 2.45) is 0 Å². The second kappa shape index (κ2) is 6.95. The minimum absolute atomic E-state index is 0.788. The van der Waals surface area contributed by atoms with Crippen LogP contribution in [0.4, 0.5) is 0 Å². The minimum atomic E-state index is 0.788. The molecule has 1 fully saturated rings. The van der Waals surface area contributed by atoms with Crippen LogP contribution in [0, 0.1) is 6.92 Å². The summed E-state index contributed by atoms with van der Waals surface area (Å²) in [7, 11) is 0. The summed E-state index contributed by atoms with van der Waals surface area (Å²) in [6.07, 6.45) is 1.29. The molecular weight excluding hydrogens is 316 g/mol. The van der Waals surface area contributed by atoms with Gasteiger partial charge in [0.05, 0.1) is 0 Å². The van der Waals surface area contributed by atoms with Crippen molar-refractivity contribution in [3.63, 3.8) is 0 Å². The number of rotatable bonds is 2. The fraction of sp³-hybridized carbons (Fsp3) is 0.222. The Hall–Kier alpha value is -0.830. The first-order chi connectivity index (χ1) is 10.2. The largest absolute Gasteiger partial charge is 0.119 e. The third kappa shape index (κ3) is 3.68. The summed E-state index contributed by atoms with van der Waals surface area (Å²) in [5.41, 5.74) is 5.18. The molecule has 0 spiro atoms. The molecule has 2 aromatic carbocycles. The van der Waals surface area contributed by atoms with Crippen LogP contribution < -0.4 is 0 Å². The maximum atomic E-state index is 6.04. The van der Waals surface area contributed by atoms with E-state index in [1.807, 2.05) is 35.7 Å². The van der Waals surface area contributed by atoms with Crippen LogP contribution in [0.3, 0.4) is 0 Å². The van der Waals surface area contributed by atoms with Gasteiger partial charge in [0.2, 0.25) is 0 Å². The van der Waals surface area contributed by atoms with Gasteiger partial charge in [-0.25, -0.2) is 0 Å². The Kier molecular flexibility index (Phi) is 4.99. The monoisotopic (exact) mass is 332 g/mol. The minimum Gasteiger partial charge on any atom is -0.119 e. The molecule has 2 aromatic rings. The number of hydrogen-bond acceptors (Lipinski definition) is 2. The molecule has 0 bridgehead atoms. The molecule has 0 unspecified atom stereocenters. The normalized spacial score (nSPS) is 15.0. The molecule has 0 aliphatic carbocycles. The van der Waals surface area contributed by atoms with Crippen molar-refractivity contribution in [2.45, 2.75) is 13.3 Å². The van der Waals surface area contributed by atoms with Gasteiger partial charge in [-0.3, -0.25) is 0 Å². The zero-order valence-corrected chi connectivity index (χ0v) is 14.3. The van der Waals surface area contributed by atoms with Crippen LogP contribution in [0.5, 0.6) is 0 Å². The van der Waals surface area contributed by atoms with E-state index < -0.39 is 0 Å². The molecule has 3 rings (SSSR count). The quantitative estimate of drug-likeness (QED) is 0.638. The fourth-order valence-corrected chi connectivity index (χ4v) is 5.16. The van der Waals surface area contributed by atoms with Crippen LogP contribution in [0.1, 0.15) is 23.1 Å². The van der Waals surface area contributed by atoms with Crippen LogP contribution in [0.15, 0.2) is 52.8 Å². The lowest BCUT2D eigenvalue weighted by Crippen LogP contribution is -1.97. The van der Waals surface area contributed by atoms with Gasteiger partial charge in [0.25, 0.3) is 0 Å². The first-order valence-electron chi connectivity index (χ1n) is 7.07. The van der Waals surface area contributed by atoms with E-state index in [1.54, 1.807) is 0 Å². The smallest absolute Gasteiger partial charge is 0.0485 e. The molecule has 1 aliphatic rings. The number of thioether (sulfide) groups is 2. The van der Waals surface area contributed by atoms with E-state index in [4.69, 9.17) is 11.6 Å². The first-order valence-corrected chi connectivity index (χ1v) is 9.42. The van der Waals surface area contributed by atoms with Crippen LogP contribution in [0.25, 0.3) is 5.57 Å². The van der Waals surface area contributed by atoms with Gasteiger partial charge in [-0.15, -0.1) is 23.5 Å². The van der Waals surface area contributed by atoms with Crippen molar-refractivity contribution in [1.82, 2.24) is 0 Å². The van der Waals surface area contributed by atoms with Crippen LogP contribution in [-0.2, 0) is 0 Å². The molecule has 0 nitrogen and oxygen atoms in total. The molecule has 1 heterocycles. The van der Waals surface area contributed by atoms with Crippen molar-refractivity contribution < 1.29 is 0 Å². The SMILES string of the molecule is Cc1ccc(C(=C2SCCCS2)c2ccc(Cl)cc2)cc1. The Morgan fingerprint density at radius 2 is 1.38 bits per heavy atom. The molecule has 0 N–H and O–H groups in total. The molecular formula is C18H17ClS2. The molecule has 21 heavy (non-hydrogen) atoms. The van der Waals surface area contributed by atoms with E-state index >= 15 is 0 Å². The van der Waals surface area contributed by atoms with E-state index in [2.05, 4.69) is 43.3 Å². The standard InChI is InChI=1S/C18H17ClS2/c1-13-3-5-14(6-4-13)17(18-20-11-2-12-21-18)15-7-9-16(19)10-8-15/h3-10H,2,11-12H2,1H3. The highest BCUT2D eigenvalue weighted by atomic mass is 35.5. The average molecular weight is 333 g/mol. The van der Waals surface area contributed by atoms with Gasteiger partial charge < -0.3 is 0 Å². The van der Waals surface area contributed by atoms with E-state index in [1.165, 1.54) is 44.4 Å². The Labute approximate surface area is 140 Å². The highest BCUT2D eigenvalue weighted by molar-refractivity contribution is 8.23. The average Bonchev–Trinajstić information content (AvgIpc) is 2.52. The first kappa shape index (κ1) is 15.1. The third-order valence-corrected chi connectivity index (χ3v) is 6.31. The molecule has 1 saturated heterocycles. The second-order valence-corrected chi connectivity index (χ2v) is 7.99.